The molecule has 8 nitrogen and oxygen atoms in total. The van der Waals surface area contributed by atoms with Gasteiger partial charge >= 0.3 is 0 Å². The molecular weight excluding hydrogens is 368 g/mol. The maximum atomic E-state index is 12.6. The van der Waals surface area contributed by atoms with Crippen LogP contribution >= 0.6 is 0 Å². The molecule has 0 bridgehead atoms. The minimum absolute atomic E-state index is 0.0748. The zero-order valence-electron chi connectivity index (χ0n) is 15.4. The predicted molar refractivity (Wildman–Crippen MR) is 114 cm³/mol. The molecular formula is C21H20N6O2. The second-order valence-electron chi connectivity index (χ2n) is 5.92. The second-order valence-corrected chi connectivity index (χ2v) is 5.92. The number of nitrogens with one attached hydrogen (secondary N) is 1. The summed E-state index contributed by atoms with van der Waals surface area (Å²) < 4.78 is 5.86. The highest BCUT2D eigenvalue weighted by Crippen LogP contribution is 2.29. The summed E-state index contributed by atoms with van der Waals surface area (Å²) in [6.07, 6.45) is 0. The fourth-order valence-electron chi connectivity index (χ4n) is 2.45. The molecule has 0 aliphatic heterocycles. The Morgan fingerprint density at radius 2 is 1.48 bits per heavy atom. The van der Waals surface area contributed by atoms with Crippen LogP contribution in [0.5, 0.6) is 11.5 Å². The van der Waals surface area contributed by atoms with Crippen LogP contribution in [0.4, 0.5) is 11.4 Å². The number of amides is 1. The molecule has 0 unspecified atom stereocenters. The summed E-state index contributed by atoms with van der Waals surface area (Å²) in [5.41, 5.74) is 17.6. The van der Waals surface area contributed by atoms with E-state index in [9.17, 15) is 4.79 Å². The number of hydrogen-bond donors (Lipinski definition) is 4. The Morgan fingerprint density at radius 3 is 2.17 bits per heavy atom. The van der Waals surface area contributed by atoms with Gasteiger partial charge in [-0.25, -0.2) is 4.99 Å². The van der Waals surface area contributed by atoms with Crippen molar-refractivity contribution in [3.8, 4) is 11.5 Å². The van der Waals surface area contributed by atoms with Gasteiger partial charge in [0.2, 0.25) is 5.96 Å². The van der Waals surface area contributed by atoms with E-state index in [0.29, 0.717) is 28.4 Å². The van der Waals surface area contributed by atoms with Crippen LogP contribution in [0, 0.1) is 0 Å². The van der Waals surface area contributed by atoms with Crippen molar-refractivity contribution in [1.29, 1.82) is 0 Å². The third-order valence-electron chi connectivity index (χ3n) is 3.72. The number of carbonyl (C=O) groups is 1. The summed E-state index contributed by atoms with van der Waals surface area (Å²) in [4.78, 5) is 20.3. The first-order valence-corrected chi connectivity index (χ1v) is 8.68. The van der Waals surface area contributed by atoms with Gasteiger partial charge in [0, 0.05) is 5.56 Å². The quantitative estimate of drug-likeness (QED) is 0.393. The van der Waals surface area contributed by atoms with Gasteiger partial charge in [-0.15, -0.1) is 0 Å². The number of benzene rings is 3. The van der Waals surface area contributed by atoms with Crippen LogP contribution in [0.3, 0.4) is 0 Å². The molecule has 0 aliphatic rings. The van der Waals surface area contributed by atoms with E-state index in [1.54, 1.807) is 36.4 Å². The normalized spacial score (nSPS) is 10.8. The van der Waals surface area contributed by atoms with Gasteiger partial charge in [0.15, 0.2) is 11.7 Å². The van der Waals surface area contributed by atoms with E-state index >= 15 is 0 Å². The summed E-state index contributed by atoms with van der Waals surface area (Å²) >= 11 is 0. The Kier molecular flexibility index (Phi) is 6.06. The highest BCUT2D eigenvalue weighted by atomic mass is 16.5. The van der Waals surface area contributed by atoms with Crippen molar-refractivity contribution in [1.82, 2.24) is 0 Å². The van der Waals surface area contributed by atoms with E-state index in [1.165, 1.54) is 0 Å². The van der Waals surface area contributed by atoms with Crippen molar-refractivity contribution in [2.75, 3.05) is 5.32 Å². The Labute approximate surface area is 167 Å². The summed E-state index contributed by atoms with van der Waals surface area (Å²) in [6.45, 7) is 0. The van der Waals surface area contributed by atoms with Gasteiger partial charge in [-0.1, -0.05) is 30.3 Å². The Morgan fingerprint density at radius 1 is 0.828 bits per heavy atom. The largest absolute Gasteiger partial charge is 0.455 e. The van der Waals surface area contributed by atoms with Crippen molar-refractivity contribution >= 4 is 29.2 Å². The van der Waals surface area contributed by atoms with Crippen LogP contribution < -0.4 is 27.3 Å². The van der Waals surface area contributed by atoms with Gasteiger partial charge in [0.25, 0.3) is 5.91 Å². The minimum Gasteiger partial charge on any atom is -0.455 e. The molecule has 146 valence electrons. The number of carbonyl (C=O) groups excluding carboxylic acids is 1. The molecule has 8 heteroatoms. The number of nitrogens with zero attached hydrogens (tertiary/aromatic N) is 2. The standard InChI is InChI=1S/C21H20N6O2/c22-20(23)27-21(24)25-15-12-10-14(11-13-15)19(28)26-17-8-4-5-9-18(17)29-16-6-2-1-3-7-16/h1-13H,(H,26,28)(H6,22,23,24,25,27). The number of ether oxygens (including phenoxy) is 1. The van der Waals surface area contributed by atoms with Crippen LogP contribution in [-0.4, -0.2) is 17.8 Å². The summed E-state index contributed by atoms with van der Waals surface area (Å²) in [7, 11) is 0. The summed E-state index contributed by atoms with van der Waals surface area (Å²) in [5, 5.41) is 2.85. The van der Waals surface area contributed by atoms with Crippen molar-refractivity contribution in [3.05, 3.63) is 84.4 Å². The van der Waals surface area contributed by atoms with Crippen molar-refractivity contribution < 1.29 is 9.53 Å². The second kappa shape index (κ2) is 9.05. The first kappa shape index (κ1) is 19.4. The smallest absolute Gasteiger partial charge is 0.255 e. The summed E-state index contributed by atoms with van der Waals surface area (Å²) in [5.74, 6) is 0.669. The minimum atomic E-state index is -0.290. The van der Waals surface area contributed by atoms with Crippen molar-refractivity contribution in [3.63, 3.8) is 0 Å². The molecule has 0 aliphatic carbocycles. The average Bonchev–Trinajstić information content (AvgIpc) is 2.70. The fourth-order valence-corrected chi connectivity index (χ4v) is 2.45. The van der Waals surface area contributed by atoms with Crippen LogP contribution in [0.1, 0.15) is 10.4 Å². The third kappa shape index (κ3) is 5.57. The highest BCUT2D eigenvalue weighted by molar-refractivity contribution is 6.05. The van der Waals surface area contributed by atoms with Gasteiger partial charge in [0.05, 0.1) is 11.4 Å². The van der Waals surface area contributed by atoms with E-state index in [0.717, 1.165) is 0 Å². The van der Waals surface area contributed by atoms with E-state index < -0.39 is 0 Å². The maximum Gasteiger partial charge on any atom is 0.255 e. The lowest BCUT2D eigenvalue weighted by molar-refractivity contribution is 0.102. The number of para-hydroxylation sites is 3. The van der Waals surface area contributed by atoms with Gasteiger partial charge in [-0.3, -0.25) is 4.79 Å². The lowest BCUT2D eigenvalue weighted by Gasteiger charge is -2.12. The van der Waals surface area contributed by atoms with Crippen LogP contribution in [-0.2, 0) is 0 Å². The number of nitrogens with two attached hydrogens (primary N) is 3. The molecule has 0 saturated carbocycles. The zero-order chi connectivity index (χ0) is 20.6. The van der Waals surface area contributed by atoms with Gasteiger partial charge in [0.1, 0.15) is 5.75 Å². The fraction of sp³-hybridized carbons (Fsp3) is 0. The lowest BCUT2D eigenvalue weighted by Crippen LogP contribution is -2.26. The predicted octanol–water partition coefficient (Wildman–Crippen LogP) is 2.95. The zero-order valence-corrected chi connectivity index (χ0v) is 15.4. The molecule has 0 spiro atoms. The summed E-state index contributed by atoms with van der Waals surface area (Å²) in [6, 6.07) is 23.1. The van der Waals surface area contributed by atoms with Crippen LogP contribution in [0.2, 0.25) is 0 Å². The maximum absolute atomic E-state index is 12.6. The molecule has 3 aromatic carbocycles. The molecule has 29 heavy (non-hydrogen) atoms. The van der Waals surface area contributed by atoms with Gasteiger partial charge in [-0.2, -0.15) is 4.99 Å². The molecule has 1 amide bonds. The average molecular weight is 388 g/mol. The van der Waals surface area contributed by atoms with Gasteiger partial charge < -0.3 is 27.3 Å². The van der Waals surface area contributed by atoms with E-state index in [-0.39, 0.29) is 17.8 Å². The van der Waals surface area contributed by atoms with Gasteiger partial charge in [-0.05, 0) is 48.5 Å². The van der Waals surface area contributed by atoms with Crippen molar-refractivity contribution in [2.45, 2.75) is 0 Å². The Balaban J connectivity index is 1.73. The molecule has 0 atom stereocenters. The van der Waals surface area contributed by atoms with E-state index in [1.807, 2.05) is 42.5 Å². The van der Waals surface area contributed by atoms with Crippen LogP contribution in [0.25, 0.3) is 0 Å². The van der Waals surface area contributed by atoms with E-state index in [2.05, 4.69) is 15.3 Å². The molecule has 7 N–H and O–H groups in total. The van der Waals surface area contributed by atoms with Crippen molar-refractivity contribution in [2.24, 2.45) is 27.2 Å². The topological polar surface area (TPSA) is 141 Å². The molecule has 0 aromatic heterocycles. The first-order chi connectivity index (χ1) is 14.0. The molecule has 3 rings (SSSR count). The number of aliphatic imine (C=N–C) groups is 2. The Bertz CT molecular complexity index is 1040. The molecule has 0 saturated heterocycles. The number of anilines is 1. The number of hydrogen-bond acceptors (Lipinski definition) is 3. The molecule has 3 aromatic rings. The monoisotopic (exact) mass is 388 g/mol. The molecule has 0 radical (unpaired) electrons. The number of guanidine groups is 2. The van der Waals surface area contributed by atoms with E-state index in [4.69, 9.17) is 21.9 Å². The van der Waals surface area contributed by atoms with Crippen LogP contribution in [0.15, 0.2) is 88.8 Å². The lowest BCUT2D eigenvalue weighted by atomic mass is 10.2. The Hall–Kier alpha value is -4.33. The molecule has 0 heterocycles. The third-order valence-corrected chi connectivity index (χ3v) is 3.72. The number of rotatable bonds is 5. The first-order valence-electron chi connectivity index (χ1n) is 8.68. The SMILES string of the molecule is NC(N)=NC(N)=Nc1ccc(C(=O)Nc2ccccc2Oc2ccccc2)cc1. The highest BCUT2D eigenvalue weighted by Gasteiger charge is 2.10. The molecule has 0 fully saturated rings.